The van der Waals surface area contributed by atoms with E-state index < -0.39 is 11.8 Å². The molecule has 0 spiro atoms. The van der Waals surface area contributed by atoms with Crippen LogP contribution in [0.2, 0.25) is 0 Å². The molecule has 134 valence electrons. The van der Waals surface area contributed by atoms with Crippen LogP contribution >= 0.6 is 15.9 Å². The number of hydrogen-bond donors (Lipinski definition) is 3. The lowest BCUT2D eigenvalue weighted by molar-refractivity contribution is 0.0843. The number of H-pyrrole nitrogens is 1. The van der Waals surface area contributed by atoms with Crippen LogP contribution in [0.25, 0.3) is 5.69 Å². The molecular weight excluding hydrogens is 398 g/mol. The van der Waals surface area contributed by atoms with E-state index in [0.717, 1.165) is 21.4 Å². The Hall–Kier alpha value is -2.87. The van der Waals surface area contributed by atoms with Crippen LogP contribution in [0.3, 0.4) is 0 Å². The molecule has 0 saturated carbocycles. The summed E-state index contributed by atoms with van der Waals surface area (Å²) in [5.41, 5.74) is 8.37. The summed E-state index contributed by atoms with van der Waals surface area (Å²) in [6, 6.07) is 9.51. The highest BCUT2D eigenvalue weighted by Gasteiger charge is 2.18. The minimum Gasteiger partial charge on any atom is -0.356 e. The average molecular weight is 416 g/mol. The Morgan fingerprint density at radius 2 is 1.88 bits per heavy atom. The van der Waals surface area contributed by atoms with Crippen molar-refractivity contribution in [1.82, 2.24) is 25.6 Å². The molecule has 3 rings (SSSR count). The van der Waals surface area contributed by atoms with Crippen molar-refractivity contribution < 1.29 is 9.59 Å². The van der Waals surface area contributed by atoms with E-state index >= 15 is 0 Å². The van der Waals surface area contributed by atoms with Crippen LogP contribution in [-0.4, -0.2) is 26.6 Å². The molecule has 1 aromatic carbocycles. The van der Waals surface area contributed by atoms with Gasteiger partial charge in [-0.3, -0.25) is 20.4 Å². The molecule has 7 nitrogen and oxygen atoms in total. The molecule has 2 aromatic heterocycles. The van der Waals surface area contributed by atoms with Crippen LogP contribution in [0, 0.1) is 6.92 Å². The Balaban J connectivity index is 1.75. The van der Waals surface area contributed by atoms with E-state index in [1.807, 2.05) is 38.1 Å². The Morgan fingerprint density at radius 1 is 1.19 bits per heavy atom. The maximum atomic E-state index is 12.5. The SMILES string of the molecule is CCc1c(C(=O)NNC(=O)c2cc(Br)c[nH]2)cnn1-c1ccc(C)cc1. The van der Waals surface area contributed by atoms with E-state index in [0.29, 0.717) is 17.7 Å². The van der Waals surface area contributed by atoms with Crippen molar-refractivity contribution in [2.45, 2.75) is 20.3 Å². The maximum Gasteiger partial charge on any atom is 0.286 e. The van der Waals surface area contributed by atoms with Crippen molar-refractivity contribution in [3.8, 4) is 5.69 Å². The average Bonchev–Trinajstić information content (AvgIpc) is 3.26. The molecule has 2 amide bonds. The van der Waals surface area contributed by atoms with E-state index in [1.165, 1.54) is 6.20 Å². The first-order valence-corrected chi connectivity index (χ1v) is 8.87. The van der Waals surface area contributed by atoms with Crippen molar-refractivity contribution in [2.24, 2.45) is 0 Å². The van der Waals surface area contributed by atoms with Crippen LogP contribution in [0.15, 0.2) is 47.2 Å². The van der Waals surface area contributed by atoms with E-state index in [9.17, 15) is 9.59 Å². The van der Waals surface area contributed by atoms with Gasteiger partial charge >= 0.3 is 0 Å². The number of halogens is 1. The predicted molar refractivity (Wildman–Crippen MR) is 101 cm³/mol. The lowest BCUT2D eigenvalue weighted by Gasteiger charge is -2.09. The van der Waals surface area contributed by atoms with Crippen molar-refractivity contribution in [3.05, 3.63) is 69.7 Å². The normalized spacial score (nSPS) is 10.6. The van der Waals surface area contributed by atoms with Gasteiger partial charge in [-0.15, -0.1) is 0 Å². The van der Waals surface area contributed by atoms with Gasteiger partial charge in [0.25, 0.3) is 11.8 Å². The number of amides is 2. The largest absolute Gasteiger partial charge is 0.356 e. The molecule has 0 aliphatic carbocycles. The van der Waals surface area contributed by atoms with Gasteiger partial charge in [0.2, 0.25) is 0 Å². The number of benzene rings is 1. The fourth-order valence-corrected chi connectivity index (χ4v) is 2.90. The number of carbonyl (C=O) groups is 2. The monoisotopic (exact) mass is 415 g/mol. The second-order valence-corrected chi connectivity index (χ2v) is 6.66. The predicted octanol–water partition coefficient (Wildman–Crippen LogP) is 2.91. The first-order valence-electron chi connectivity index (χ1n) is 8.08. The van der Waals surface area contributed by atoms with E-state index in [1.54, 1.807) is 16.9 Å². The van der Waals surface area contributed by atoms with Gasteiger partial charge in [-0.25, -0.2) is 4.68 Å². The molecule has 26 heavy (non-hydrogen) atoms. The Labute approximate surface area is 158 Å². The van der Waals surface area contributed by atoms with Gasteiger partial charge in [-0.1, -0.05) is 24.6 Å². The molecule has 3 N–H and O–H groups in total. The first-order chi connectivity index (χ1) is 12.5. The van der Waals surface area contributed by atoms with Crippen LogP contribution in [0.4, 0.5) is 0 Å². The van der Waals surface area contributed by atoms with Crippen LogP contribution in [0.1, 0.15) is 39.0 Å². The zero-order valence-electron chi connectivity index (χ0n) is 14.3. The molecule has 0 aliphatic heterocycles. The van der Waals surface area contributed by atoms with Crippen molar-refractivity contribution in [3.63, 3.8) is 0 Å². The first kappa shape index (κ1) is 17.9. The second kappa shape index (κ2) is 7.57. The lowest BCUT2D eigenvalue weighted by Crippen LogP contribution is -2.42. The van der Waals surface area contributed by atoms with Crippen LogP contribution in [0.5, 0.6) is 0 Å². The fraction of sp³-hybridized carbons (Fsp3) is 0.167. The van der Waals surface area contributed by atoms with Crippen molar-refractivity contribution in [2.75, 3.05) is 0 Å². The number of hydrogen-bond acceptors (Lipinski definition) is 3. The highest BCUT2D eigenvalue weighted by molar-refractivity contribution is 9.10. The van der Waals surface area contributed by atoms with E-state index in [4.69, 9.17) is 0 Å². The van der Waals surface area contributed by atoms with Gasteiger partial charge < -0.3 is 4.98 Å². The van der Waals surface area contributed by atoms with Crippen LogP contribution in [-0.2, 0) is 6.42 Å². The number of hydrazine groups is 1. The molecule has 3 aromatic rings. The molecule has 0 fully saturated rings. The molecule has 0 saturated heterocycles. The Kier molecular flexibility index (Phi) is 5.22. The van der Waals surface area contributed by atoms with Gasteiger partial charge in [0.05, 0.1) is 23.1 Å². The Morgan fingerprint density at radius 3 is 2.50 bits per heavy atom. The van der Waals surface area contributed by atoms with Crippen LogP contribution < -0.4 is 10.9 Å². The smallest absolute Gasteiger partial charge is 0.286 e. The van der Waals surface area contributed by atoms with Crippen molar-refractivity contribution in [1.29, 1.82) is 0 Å². The number of rotatable bonds is 4. The van der Waals surface area contributed by atoms with Gasteiger partial charge in [-0.2, -0.15) is 5.10 Å². The third kappa shape index (κ3) is 3.70. The van der Waals surface area contributed by atoms with Crippen molar-refractivity contribution >= 4 is 27.7 Å². The topological polar surface area (TPSA) is 91.8 Å². The molecule has 0 unspecified atom stereocenters. The molecule has 0 radical (unpaired) electrons. The second-order valence-electron chi connectivity index (χ2n) is 5.75. The highest BCUT2D eigenvalue weighted by atomic mass is 79.9. The number of nitrogens with one attached hydrogen (secondary N) is 3. The summed E-state index contributed by atoms with van der Waals surface area (Å²) in [5.74, 6) is -0.854. The zero-order valence-corrected chi connectivity index (χ0v) is 15.9. The summed E-state index contributed by atoms with van der Waals surface area (Å²) in [7, 11) is 0. The summed E-state index contributed by atoms with van der Waals surface area (Å²) in [6.07, 6.45) is 3.76. The summed E-state index contributed by atoms with van der Waals surface area (Å²) < 4.78 is 2.49. The molecule has 2 heterocycles. The number of aryl methyl sites for hydroxylation is 1. The molecule has 8 heteroatoms. The van der Waals surface area contributed by atoms with Gasteiger partial charge in [0.15, 0.2) is 0 Å². The summed E-state index contributed by atoms with van der Waals surface area (Å²) in [6.45, 7) is 3.96. The maximum absolute atomic E-state index is 12.5. The molecular formula is C18H18BrN5O2. The third-order valence-electron chi connectivity index (χ3n) is 3.91. The third-order valence-corrected chi connectivity index (χ3v) is 4.37. The Bertz CT molecular complexity index is 943. The molecule has 0 atom stereocenters. The number of aromatic nitrogens is 3. The minimum absolute atomic E-state index is 0.336. The molecule has 0 bridgehead atoms. The number of nitrogens with zero attached hydrogens (tertiary/aromatic N) is 2. The fourth-order valence-electron chi connectivity index (χ4n) is 2.56. The minimum atomic E-state index is -0.437. The van der Waals surface area contributed by atoms with Gasteiger partial charge in [-0.05, 0) is 47.5 Å². The number of carbonyl (C=O) groups excluding carboxylic acids is 2. The van der Waals surface area contributed by atoms with Gasteiger partial charge in [0, 0.05) is 10.7 Å². The lowest BCUT2D eigenvalue weighted by atomic mass is 10.2. The van der Waals surface area contributed by atoms with E-state index in [2.05, 4.69) is 36.9 Å². The summed E-state index contributed by atoms with van der Waals surface area (Å²) in [4.78, 5) is 27.3. The zero-order chi connectivity index (χ0) is 18.7. The van der Waals surface area contributed by atoms with Gasteiger partial charge in [0.1, 0.15) is 5.69 Å². The quantitative estimate of drug-likeness (QED) is 0.572. The number of aromatic amines is 1. The van der Waals surface area contributed by atoms with E-state index in [-0.39, 0.29) is 0 Å². The highest BCUT2D eigenvalue weighted by Crippen LogP contribution is 2.16. The standard InChI is InChI=1S/C18H18BrN5O2/c1-3-16-14(10-21-24(16)13-6-4-11(2)5-7-13)17(25)22-23-18(26)15-8-12(19)9-20-15/h4-10,20H,3H2,1-2H3,(H,22,25)(H,23,26). The molecule has 0 aliphatic rings. The summed E-state index contributed by atoms with van der Waals surface area (Å²) in [5, 5.41) is 4.33. The summed E-state index contributed by atoms with van der Waals surface area (Å²) >= 11 is 3.26.